The highest BCUT2D eigenvalue weighted by Gasteiger charge is 2.34. The van der Waals surface area contributed by atoms with Crippen LogP contribution in [0, 0.1) is 10.1 Å². The number of nitro benzene ring substituents is 1. The van der Waals surface area contributed by atoms with E-state index >= 15 is 0 Å². The van der Waals surface area contributed by atoms with Gasteiger partial charge in [-0.05, 0) is 37.1 Å². The SMILES string of the molecule is COc1ccc(NC(=O)CCCCCN2C(=O)c3ccccc3C2=O)c([N+](=O)[O-])c1. The van der Waals surface area contributed by atoms with Crippen LogP contribution in [0.4, 0.5) is 11.4 Å². The van der Waals surface area contributed by atoms with Crippen LogP contribution in [0.15, 0.2) is 42.5 Å². The number of nitro groups is 1. The molecule has 30 heavy (non-hydrogen) atoms. The van der Waals surface area contributed by atoms with Gasteiger partial charge in [-0.15, -0.1) is 0 Å². The first kappa shape index (κ1) is 21.0. The van der Waals surface area contributed by atoms with E-state index in [-0.39, 0.29) is 42.1 Å². The first-order chi connectivity index (χ1) is 14.4. The molecule has 1 aliphatic rings. The van der Waals surface area contributed by atoms with Crippen molar-refractivity contribution in [1.82, 2.24) is 4.90 Å². The minimum atomic E-state index is -0.583. The molecule has 9 heteroatoms. The van der Waals surface area contributed by atoms with E-state index in [2.05, 4.69) is 5.32 Å². The van der Waals surface area contributed by atoms with Gasteiger partial charge in [-0.2, -0.15) is 0 Å². The molecule has 9 nitrogen and oxygen atoms in total. The van der Waals surface area contributed by atoms with Crippen LogP contribution < -0.4 is 10.1 Å². The number of anilines is 1. The number of hydrogen-bond acceptors (Lipinski definition) is 6. The molecule has 1 aliphatic heterocycles. The quantitative estimate of drug-likeness (QED) is 0.292. The molecule has 2 aromatic carbocycles. The molecule has 0 aliphatic carbocycles. The summed E-state index contributed by atoms with van der Waals surface area (Å²) < 4.78 is 4.97. The standard InChI is InChI=1S/C21H21N3O6/c1-30-14-10-11-17(18(13-14)24(28)29)22-19(25)9-3-2-6-12-23-20(26)15-7-4-5-8-16(15)21(23)27/h4-5,7-8,10-11,13H,2-3,6,9,12H2,1H3,(H,22,25). The zero-order valence-corrected chi connectivity index (χ0v) is 16.4. The highest BCUT2D eigenvalue weighted by atomic mass is 16.6. The van der Waals surface area contributed by atoms with Crippen molar-refractivity contribution in [2.24, 2.45) is 0 Å². The zero-order chi connectivity index (χ0) is 21.7. The van der Waals surface area contributed by atoms with E-state index in [1.807, 2.05) is 0 Å². The second-order valence-electron chi connectivity index (χ2n) is 6.81. The van der Waals surface area contributed by atoms with Crippen LogP contribution in [0.2, 0.25) is 0 Å². The monoisotopic (exact) mass is 411 g/mol. The summed E-state index contributed by atoms with van der Waals surface area (Å²) >= 11 is 0. The van der Waals surface area contributed by atoms with Crippen LogP contribution in [0.25, 0.3) is 0 Å². The van der Waals surface area contributed by atoms with Gasteiger partial charge in [-0.3, -0.25) is 29.4 Å². The van der Waals surface area contributed by atoms with Gasteiger partial charge in [0.15, 0.2) is 0 Å². The molecule has 2 aromatic rings. The molecular weight excluding hydrogens is 390 g/mol. The summed E-state index contributed by atoms with van der Waals surface area (Å²) in [6, 6.07) is 10.9. The normalized spacial score (nSPS) is 12.6. The Morgan fingerprint density at radius 1 is 1.07 bits per heavy atom. The Morgan fingerprint density at radius 3 is 2.33 bits per heavy atom. The fourth-order valence-electron chi connectivity index (χ4n) is 3.28. The van der Waals surface area contributed by atoms with E-state index in [0.717, 1.165) is 0 Å². The van der Waals surface area contributed by atoms with E-state index < -0.39 is 4.92 Å². The molecule has 0 radical (unpaired) electrons. The van der Waals surface area contributed by atoms with Crippen molar-refractivity contribution < 1.29 is 24.0 Å². The topological polar surface area (TPSA) is 119 Å². The molecule has 3 rings (SSSR count). The van der Waals surface area contributed by atoms with Crippen LogP contribution in [0.3, 0.4) is 0 Å². The van der Waals surface area contributed by atoms with Crippen LogP contribution in [0.5, 0.6) is 5.75 Å². The number of carbonyl (C=O) groups is 3. The molecule has 0 fully saturated rings. The minimum Gasteiger partial charge on any atom is -0.496 e. The number of ether oxygens (including phenoxy) is 1. The van der Waals surface area contributed by atoms with Crippen molar-refractivity contribution in [2.75, 3.05) is 19.0 Å². The predicted molar refractivity (Wildman–Crippen MR) is 109 cm³/mol. The number of rotatable bonds is 9. The lowest BCUT2D eigenvalue weighted by molar-refractivity contribution is -0.384. The minimum absolute atomic E-state index is 0.108. The van der Waals surface area contributed by atoms with Gasteiger partial charge in [0, 0.05) is 13.0 Å². The fraction of sp³-hybridized carbons (Fsp3) is 0.286. The van der Waals surface area contributed by atoms with Gasteiger partial charge >= 0.3 is 0 Å². The third-order valence-electron chi connectivity index (χ3n) is 4.84. The summed E-state index contributed by atoms with van der Waals surface area (Å²) in [6.45, 7) is 0.290. The molecule has 0 saturated heterocycles. The number of fused-ring (bicyclic) bond motifs is 1. The van der Waals surface area contributed by atoms with Gasteiger partial charge in [-0.25, -0.2) is 0 Å². The highest BCUT2D eigenvalue weighted by molar-refractivity contribution is 6.21. The van der Waals surface area contributed by atoms with Crippen molar-refractivity contribution in [3.05, 3.63) is 63.7 Å². The van der Waals surface area contributed by atoms with Crippen molar-refractivity contribution >= 4 is 29.1 Å². The smallest absolute Gasteiger partial charge is 0.296 e. The summed E-state index contributed by atoms with van der Waals surface area (Å²) in [6.07, 6.45) is 1.90. The van der Waals surface area contributed by atoms with Crippen molar-refractivity contribution in [1.29, 1.82) is 0 Å². The second-order valence-corrected chi connectivity index (χ2v) is 6.81. The van der Waals surface area contributed by atoms with Gasteiger partial charge in [-0.1, -0.05) is 18.6 Å². The van der Waals surface area contributed by atoms with E-state index in [1.54, 1.807) is 24.3 Å². The number of hydrogen-bond donors (Lipinski definition) is 1. The number of methoxy groups -OCH3 is 1. The Kier molecular flexibility index (Phi) is 6.41. The Morgan fingerprint density at radius 2 is 1.73 bits per heavy atom. The summed E-state index contributed by atoms with van der Waals surface area (Å²) in [5.74, 6) is -0.600. The van der Waals surface area contributed by atoms with E-state index in [9.17, 15) is 24.5 Å². The largest absolute Gasteiger partial charge is 0.496 e. The maximum Gasteiger partial charge on any atom is 0.296 e. The summed E-state index contributed by atoms with van der Waals surface area (Å²) in [5.41, 5.74) is 0.705. The molecule has 0 spiro atoms. The molecule has 0 atom stereocenters. The lowest BCUT2D eigenvalue weighted by atomic mass is 10.1. The average molecular weight is 411 g/mol. The third-order valence-corrected chi connectivity index (χ3v) is 4.84. The number of unbranched alkanes of at least 4 members (excludes halogenated alkanes) is 2. The second kappa shape index (κ2) is 9.17. The van der Waals surface area contributed by atoms with Crippen molar-refractivity contribution in [3.63, 3.8) is 0 Å². The van der Waals surface area contributed by atoms with Gasteiger partial charge in [0.1, 0.15) is 11.4 Å². The lowest BCUT2D eigenvalue weighted by Gasteiger charge is -2.13. The molecule has 1 N–H and O–H groups in total. The maximum atomic E-state index is 12.3. The summed E-state index contributed by atoms with van der Waals surface area (Å²) in [7, 11) is 1.40. The lowest BCUT2D eigenvalue weighted by Crippen LogP contribution is -2.30. The van der Waals surface area contributed by atoms with E-state index in [0.29, 0.717) is 36.1 Å². The Balaban J connectivity index is 1.45. The van der Waals surface area contributed by atoms with Crippen molar-refractivity contribution in [2.45, 2.75) is 25.7 Å². The molecule has 0 saturated carbocycles. The average Bonchev–Trinajstić information content (AvgIpc) is 2.98. The van der Waals surface area contributed by atoms with Crippen LogP contribution in [-0.2, 0) is 4.79 Å². The number of benzene rings is 2. The zero-order valence-electron chi connectivity index (χ0n) is 16.4. The molecule has 0 unspecified atom stereocenters. The first-order valence-corrected chi connectivity index (χ1v) is 9.50. The number of nitrogens with zero attached hydrogens (tertiary/aromatic N) is 2. The predicted octanol–water partition coefficient (Wildman–Crippen LogP) is 3.40. The van der Waals surface area contributed by atoms with Gasteiger partial charge in [0.25, 0.3) is 17.5 Å². The van der Waals surface area contributed by atoms with Crippen LogP contribution in [-0.4, -0.2) is 41.2 Å². The molecule has 1 heterocycles. The number of amides is 3. The van der Waals surface area contributed by atoms with Gasteiger partial charge in [0.05, 0.1) is 29.2 Å². The highest BCUT2D eigenvalue weighted by Crippen LogP contribution is 2.29. The third kappa shape index (κ3) is 4.45. The van der Waals surface area contributed by atoms with Gasteiger partial charge in [0.2, 0.25) is 5.91 Å². The number of imide groups is 1. The van der Waals surface area contributed by atoms with E-state index in [4.69, 9.17) is 4.74 Å². The molecule has 0 bridgehead atoms. The Labute approximate surface area is 172 Å². The molecule has 0 aromatic heterocycles. The summed E-state index contributed by atoms with van der Waals surface area (Å²) in [4.78, 5) is 48.5. The van der Waals surface area contributed by atoms with Crippen LogP contribution in [0.1, 0.15) is 46.4 Å². The summed E-state index contributed by atoms with van der Waals surface area (Å²) in [5, 5.41) is 13.7. The Hall–Kier alpha value is -3.75. The maximum absolute atomic E-state index is 12.3. The number of nitrogens with one attached hydrogen (secondary N) is 1. The van der Waals surface area contributed by atoms with Crippen LogP contribution >= 0.6 is 0 Å². The first-order valence-electron chi connectivity index (χ1n) is 9.50. The molecular formula is C21H21N3O6. The van der Waals surface area contributed by atoms with E-state index in [1.165, 1.54) is 30.2 Å². The molecule has 3 amide bonds. The fourth-order valence-corrected chi connectivity index (χ4v) is 3.28. The Bertz CT molecular complexity index is 969. The van der Waals surface area contributed by atoms with Gasteiger partial charge < -0.3 is 10.1 Å². The van der Waals surface area contributed by atoms with Crippen molar-refractivity contribution in [3.8, 4) is 5.75 Å². The number of carbonyl (C=O) groups excluding carboxylic acids is 3. The molecule has 156 valence electrons.